The fraction of sp³-hybridized carbons (Fsp3) is 0.278. The molecule has 22 heavy (non-hydrogen) atoms. The van der Waals surface area contributed by atoms with Crippen LogP contribution in [0, 0.1) is 6.92 Å². The highest BCUT2D eigenvalue weighted by atomic mass is 16.5. The monoisotopic (exact) mass is 299 g/mol. The van der Waals surface area contributed by atoms with Crippen LogP contribution >= 0.6 is 0 Å². The lowest BCUT2D eigenvalue weighted by atomic mass is 10.1. The number of aliphatic hydroxyl groups excluding tert-OH is 1. The van der Waals surface area contributed by atoms with E-state index < -0.39 is 0 Å². The summed E-state index contributed by atoms with van der Waals surface area (Å²) >= 11 is 0. The van der Waals surface area contributed by atoms with Gasteiger partial charge in [-0.3, -0.25) is 4.79 Å². The average molecular weight is 299 g/mol. The maximum Gasteiger partial charge on any atom is 0.255 e. The van der Waals surface area contributed by atoms with Crippen molar-refractivity contribution in [1.82, 2.24) is 5.32 Å². The SMILES string of the molecule is CCNC(=O)c1cccc(C)c1OCc1ccc(CO)cc1. The van der Waals surface area contributed by atoms with Gasteiger partial charge in [-0.2, -0.15) is 0 Å². The Labute approximate surface area is 130 Å². The van der Waals surface area contributed by atoms with Crippen molar-refractivity contribution in [1.29, 1.82) is 0 Å². The van der Waals surface area contributed by atoms with Gasteiger partial charge in [-0.25, -0.2) is 0 Å². The summed E-state index contributed by atoms with van der Waals surface area (Å²) in [6.45, 7) is 4.79. The Hall–Kier alpha value is -2.33. The molecule has 2 N–H and O–H groups in total. The molecule has 0 heterocycles. The first kappa shape index (κ1) is 16.0. The molecule has 0 unspecified atom stereocenters. The molecule has 0 aromatic heterocycles. The second kappa shape index (κ2) is 7.61. The van der Waals surface area contributed by atoms with Crippen molar-refractivity contribution in [2.24, 2.45) is 0 Å². The van der Waals surface area contributed by atoms with E-state index in [-0.39, 0.29) is 12.5 Å². The molecule has 4 nitrogen and oxygen atoms in total. The fourth-order valence-corrected chi connectivity index (χ4v) is 2.18. The molecule has 0 aliphatic carbocycles. The van der Waals surface area contributed by atoms with Gasteiger partial charge in [0.15, 0.2) is 0 Å². The topological polar surface area (TPSA) is 58.6 Å². The second-order valence-corrected chi connectivity index (χ2v) is 5.07. The van der Waals surface area contributed by atoms with Crippen LogP contribution in [0.2, 0.25) is 0 Å². The number of para-hydroxylation sites is 1. The van der Waals surface area contributed by atoms with E-state index in [1.54, 1.807) is 6.07 Å². The summed E-state index contributed by atoms with van der Waals surface area (Å²) in [4.78, 5) is 12.1. The van der Waals surface area contributed by atoms with Crippen LogP contribution in [0.25, 0.3) is 0 Å². The van der Waals surface area contributed by atoms with Crippen molar-refractivity contribution in [2.75, 3.05) is 6.54 Å². The van der Waals surface area contributed by atoms with Crippen LogP contribution < -0.4 is 10.1 Å². The van der Waals surface area contributed by atoms with E-state index in [0.717, 1.165) is 16.7 Å². The number of carbonyl (C=O) groups excluding carboxylic acids is 1. The number of aliphatic hydroxyl groups is 1. The second-order valence-electron chi connectivity index (χ2n) is 5.07. The number of rotatable bonds is 6. The number of ether oxygens (including phenoxy) is 1. The molecule has 1 amide bonds. The van der Waals surface area contributed by atoms with Gasteiger partial charge in [0.2, 0.25) is 0 Å². The highest BCUT2D eigenvalue weighted by molar-refractivity contribution is 5.97. The number of amides is 1. The van der Waals surface area contributed by atoms with E-state index in [0.29, 0.717) is 24.5 Å². The molecular weight excluding hydrogens is 278 g/mol. The van der Waals surface area contributed by atoms with Crippen LogP contribution in [0.1, 0.15) is 34.0 Å². The third-order valence-electron chi connectivity index (χ3n) is 3.38. The van der Waals surface area contributed by atoms with Crippen molar-refractivity contribution >= 4 is 5.91 Å². The highest BCUT2D eigenvalue weighted by Crippen LogP contribution is 2.24. The van der Waals surface area contributed by atoms with E-state index in [1.165, 1.54) is 0 Å². The number of aryl methyl sites for hydroxylation is 1. The van der Waals surface area contributed by atoms with Crippen molar-refractivity contribution in [3.8, 4) is 5.75 Å². The molecule has 0 aliphatic heterocycles. The molecule has 0 radical (unpaired) electrons. The Morgan fingerprint density at radius 2 is 1.82 bits per heavy atom. The Morgan fingerprint density at radius 1 is 1.14 bits per heavy atom. The third kappa shape index (κ3) is 3.86. The van der Waals surface area contributed by atoms with E-state index >= 15 is 0 Å². The van der Waals surface area contributed by atoms with Crippen LogP contribution in [0.15, 0.2) is 42.5 Å². The molecule has 0 fully saturated rings. The molecule has 0 atom stereocenters. The van der Waals surface area contributed by atoms with E-state index in [2.05, 4.69) is 5.32 Å². The number of hydrogen-bond acceptors (Lipinski definition) is 3. The third-order valence-corrected chi connectivity index (χ3v) is 3.38. The van der Waals surface area contributed by atoms with Crippen molar-refractivity contribution in [3.63, 3.8) is 0 Å². The lowest BCUT2D eigenvalue weighted by molar-refractivity contribution is 0.0951. The molecule has 0 aliphatic rings. The van der Waals surface area contributed by atoms with Gasteiger partial charge in [-0.05, 0) is 36.6 Å². The van der Waals surface area contributed by atoms with Gasteiger partial charge in [-0.1, -0.05) is 36.4 Å². The van der Waals surface area contributed by atoms with Crippen molar-refractivity contribution in [3.05, 3.63) is 64.7 Å². The Balaban J connectivity index is 2.15. The molecule has 2 aromatic rings. The lowest BCUT2D eigenvalue weighted by Gasteiger charge is -2.14. The van der Waals surface area contributed by atoms with E-state index in [1.807, 2.05) is 50.2 Å². The van der Waals surface area contributed by atoms with Crippen LogP contribution in [-0.4, -0.2) is 17.6 Å². The summed E-state index contributed by atoms with van der Waals surface area (Å²) in [7, 11) is 0. The standard InChI is InChI=1S/C18H21NO3/c1-3-19-18(21)16-6-4-5-13(2)17(16)22-12-15-9-7-14(11-20)8-10-15/h4-10,20H,3,11-12H2,1-2H3,(H,19,21). The predicted octanol–water partition coefficient (Wildman–Crippen LogP) is 2.82. The first-order chi connectivity index (χ1) is 10.7. The molecule has 2 rings (SSSR count). The molecule has 0 bridgehead atoms. The zero-order valence-corrected chi connectivity index (χ0v) is 12.9. The summed E-state index contributed by atoms with van der Waals surface area (Å²) in [6.07, 6.45) is 0. The van der Waals surface area contributed by atoms with Gasteiger partial charge in [0.25, 0.3) is 5.91 Å². The van der Waals surface area contributed by atoms with Crippen LogP contribution in [0.3, 0.4) is 0 Å². The normalized spacial score (nSPS) is 10.3. The van der Waals surface area contributed by atoms with Crippen molar-refractivity contribution in [2.45, 2.75) is 27.1 Å². The maximum absolute atomic E-state index is 12.1. The van der Waals surface area contributed by atoms with Crippen molar-refractivity contribution < 1.29 is 14.6 Å². The molecule has 116 valence electrons. The summed E-state index contributed by atoms with van der Waals surface area (Å²) in [5.74, 6) is 0.483. The lowest BCUT2D eigenvalue weighted by Crippen LogP contribution is -2.23. The number of carbonyl (C=O) groups is 1. The summed E-state index contributed by atoms with van der Waals surface area (Å²) < 4.78 is 5.87. The van der Waals surface area contributed by atoms with E-state index in [4.69, 9.17) is 9.84 Å². The Kier molecular flexibility index (Phi) is 5.55. The van der Waals surface area contributed by atoms with Gasteiger partial charge in [0.05, 0.1) is 12.2 Å². The largest absolute Gasteiger partial charge is 0.488 e. The number of nitrogens with one attached hydrogen (secondary N) is 1. The smallest absolute Gasteiger partial charge is 0.255 e. The first-order valence-corrected chi connectivity index (χ1v) is 7.35. The van der Waals surface area contributed by atoms with Crippen LogP contribution in [0.5, 0.6) is 5.75 Å². The molecule has 2 aromatic carbocycles. The van der Waals surface area contributed by atoms with Gasteiger partial charge < -0.3 is 15.2 Å². The minimum absolute atomic E-state index is 0.0280. The summed E-state index contributed by atoms with van der Waals surface area (Å²) in [6, 6.07) is 13.1. The molecule has 0 spiro atoms. The zero-order chi connectivity index (χ0) is 15.9. The Morgan fingerprint density at radius 3 is 2.45 bits per heavy atom. The minimum Gasteiger partial charge on any atom is -0.488 e. The van der Waals surface area contributed by atoms with E-state index in [9.17, 15) is 4.79 Å². The number of hydrogen-bond donors (Lipinski definition) is 2. The van der Waals surface area contributed by atoms with Gasteiger partial charge in [0.1, 0.15) is 12.4 Å². The number of benzene rings is 2. The average Bonchev–Trinajstić information content (AvgIpc) is 2.54. The quantitative estimate of drug-likeness (QED) is 0.862. The zero-order valence-electron chi connectivity index (χ0n) is 12.9. The van der Waals surface area contributed by atoms with Gasteiger partial charge in [0, 0.05) is 6.54 Å². The minimum atomic E-state index is -0.128. The first-order valence-electron chi connectivity index (χ1n) is 7.35. The van der Waals surface area contributed by atoms with Crippen LogP contribution in [-0.2, 0) is 13.2 Å². The van der Waals surface area contributed by atoms with Gasteiger partial charge >= 0.3 is 0 Å². The van der Waals surface area contributed by atoms with Gasteiger partial charge in [-0.15, -0.1) is 0 Å². The highest BCUT2D eigenvalue weighted by Gasteiger charge is 2.14. The predicted molar refractivity (Wildman–Crippen MR) is 85.9 cm³/mol. The Bertz CT molecular complexity index is 635. The molecule has 0 saturated carbocycles. The molecule has 0 saturated heterocycles. The molecule has 4 heteroatoms. The summed E-state index contributed by atoms with van der Waals surface area (Å²) in [5, 5.41) is 11.8. The van der Waals surface area contributed by atoms with Crippen LogP contribution in [0.4, 0.5) is 0 Å². The summed E-state index contributed by atoms with van der Waals surface area (Å²) in [5.41, 5.74) is 3.33. The fourth-order valence-electron chi connectivity index (χ4n) is 2.18. The maximum atomic E-state index is 12.1. The molecular formula is C18H21NO3.